The molecule has 1 aromatic rings. The molecule has 6 nitrogen and oxygen atoms in total. The first-order chi connectivity index (χ1) is 13.3. The fourth-order valence-corrected chi connectivity index (χ4v) is 4.37. The average molecular weight is 386 g/mol. The summed E-state index contributed by atoms with van der Waals surface area (Å²) in [4.78, 5) is 38.9. The van der Waals surface area contributed by atoms with E-state index in [1.807, 2.05) is 31.2 Å². The normalized spacial score (nSPS) is 24.2. The number of carbonyl (C=O) groups is 3. The van der Waals surface area contributed by atoms with Crippen LogP contribution in [-0.4, -0.2) is 34.8 Å². The standard InChI is InChI=1S/C22H31N3O3/c1-4-16-10-12-17(13-11-16)15(2)23-19(26)14-25-20(27)22(3,24-21(25)28)18-8-6-5-7-9-18/h10-13,15,18H,4-9,14H2,1-3H3,(H,23,26)(H,24,28)/t15-,22-/m0/s1. The predicted molar refractivity (Wildman–Crippen MR) is 108 cm³/mol. The number of hydrogen-bond donors (Lipinski definition) is 2. The Morgan fingerprint density at radius 3 is 2.46 bits per heavy atom. The maximum atomic E-state index is 13.0. The fraction of sp³-hybridized carbons (Fsp3) is 0.591. The Balaban J connectivity index is 1.61. The lowest BCUT2D eigenvalue weighted by atomic mass is 9.75. The second-order valence-electron chi connectivity index (χ2n) is 8.24. The van der Waals surface area contributed by atoms with Crippen LogP contribution < -0.4 is 10.6 Å². The van der Waals surface area contributed by atoms with Gasteiger partial charge >= 0.3 is 6.03 Å². The van der Waals surface area contributed by atoms with Gasteiger partial charge in [0.2, 0.25) is 5.91 Å². The molecule has 1 heterocycles. The maximum Gasteiger partial charge on any atom is 0.325 e. The minimum Gasteiger partial charge on any atom is -0.348 e. The summed E-state index contributed by atoms with van der Waals surface area (Å²) in [5.41, 5.74) is 1.35. The van der Waals surface area contributed by atoms with Crippen LogP contribution in [0.15, 0.2) is 24.3 Å². The fourth-order valence-electron chi connectivity index (χ4n) is 4.37. The van der Waals surface area contributed by atoms with Crippen molar-refractivity contribution in [3.05, 3.63) is 35.4 Å². The number of hydrogen-bond acceptors (Lipinski definition) is 3. The van der Waals surface area contributed by atoms with E-state index < -0.39 is 11.6 Å². The van der Waals surface area contributed by atoms with E-state index in [2.05, 4.69) is 17.6 Å². The highest BCUT2D eigenvalue weighted by atomic mass is 16.2. The number of imide groups is 1. The van der Waals surface area contributed by atoms with Crippen LogP contribution in [0.4, 0.5) is 4.79 Å². The number of nitrogens with one attached hydrogen (secondary N) is 2. The Kier molecular flexibility index (Phi) is 6.06. The minimum atomic E-state index is -0.890. The third kappa shape index (κ3) is 4.05. The molecule has 0 aromatic heterocycles. The second kappa shape index (κ2) is 8.33. The Hall–Kier alpha value is -2.37. The lowest BCUT2D eigenvalue weighted by Gasteiger charge is -2.34. The van der Waals surface area contributed by atoms with Gasteiger partial charge in [-0.25, -0.2) is 4.79 Å². The van der Waals surface area contributed by atoms with E-state index in [4.69, 9.17) is 0 Å². The SMILES string of the molecule is CCc1ccc([C@H](C)NC(=O)CN2C(=O)N[C@@](C)(C3CCCCC3)C2=O)cc1. The van der Waals surface area contributed by atoms with Crippen LogP contribution >= 0.6 is 0 Å². The Morgan fingerprint density at radius 2 is 1.86 bits per heavy atom. The predicted octanol–water partition coefficient (Wildman–Crippen LogP) is 3.32. The van der Waals surface area contributed by atoms with Gasteiger partial charge in [0.15, 0.2) is 0 Å². The highest BCUT2D eigenvalue weighted by Crippen LogP contribution is 2.36. The zero-order valence-corrected chi connectivity index (χ0v) is 17.1. The maximum absolute atomic E-state index is 13.0. The van der Waals surface area contributed by atoms with E-state index in [-0.39, 0.29) is 30.3 Å². The van der Waals surface area contributed by atoms with Gasteiger partial charge in [-0.1, -0.05) is 50.5 Å². The molecule has 2 fully saturated rings. The van der Waals surface area contributed by atoms with Crippen molar-refractivity contribution < 1.29 is 14.4 Å². The van der Waals surface area contributed by atoms with Gasteiger partial charge in [-0.2, -0.15) is 0 Å². The molecule has 2 N–H and O–H groups in total. The molecule has 1 aliphatic heterocycles. The number of amides is 4. The van der Waals surface area contributed by atoms with Crippen molar-refractivity contribution in [3.8, 4) is 0 Å². The smallest absolute Gasteiger partial charge is 0.325 e. The number of aryl methyl sites for hydroxylation is 1. The molecular weight excluding hydrogens is 354 g/mol. The molecule has 152 valence electrons. The first-order valence-electron chi connectivity index (χ1n) is 10.4. The van der Waals surface area contributed by atoms with Crippen molar-refractivity contribution in [3.63, 3.8) is 0 Å². The van der Waals surface area contributed by atoms with Crippen LogP contribution in [0.25, 0.3) is 0 Å². The van der Waals surface area contributed by atoms with Gasteiger partial charge in [-0.3, -0.25) is 14.5 Å². The number of rotatable bonds is 6. The number of urea groups is 1. The molecule has 1 aromatic carbocycles. The Labute approximate surface area is 167 Å². The summed E-state index contributed by atoms with van der Waals surface area (Å²) in [6, 6.07) is 7.43. The van der Waals surface area contributed by atoms with E-state index in [0.29, 0.717) is 0 Å². The van der Waals surface area contributed by atoms with Gasteiger partial charge in [0.1, 0.15) is 12.1 Å². The van der Waals surface area contributed by atoms with Gasteiger partial charge in [-0.15, -0.1) is 0 Å². The third-order valence-electron chi connectivity index (χ3n) is 6.29. The molecule has 1 aliphatic carbocycles. The van der Waals surface area contributed by atoms with Crippen LogP contribution in [0.1, 0.15) is 70.0 Å². The van der Waals surface area contributed by atoms with Crippen LogP contribution in [0.3, 0.4) is 0 Å². The van der Waals surface area contributed by atoms with E-state index >= 15 is 0 Å². The molecule has 0 bridgehead atoms. The molecule has 28 heavy (non-hydrogen) atoms. The average Bonchev–Trinajstić information content (AvgIpc) is 2.92. The first-order valence-corrected chi connectivity index (χ1v) is 10.4. The van der Waals surface area contributed by atoms with Crippen LogP contribution in [0, 0.1) is 5.92 Å². The zero-order chi connectivity index (χ0) is 20.3. The van der Waals surface area contributed by atoms with Crippen molar-refractivity contribution in [2.45, 2.75) is 70.9 Å². The summed E-state index contributed by atoms with van der Waals surface area (Å²) in [5.74, 6) is -0.468. The largest absolute Gasteiger partial charge is 0.348 e. The summed E-state index contributed by atoms with van der Waals surface area (Å²) >= 11 is 0. The monoisotopic (exact) mass is 385 g/mol. The van der Waals surface area contributed by atoms with Crippen molar-refractivity contribution in [1.82, 2.24) is 15.5 Å². The van der Waals surface area contributed by atoms with Crippen molar-refractivity contribution >= 4 is 17.8 Å². The van der Waals surface area contributed by atoms with Crippen LogP contribution in [0.5, 0.6) is 0 Å². The summed E-state index contributed by atoms with van der Waals surface area (Å²) in [7, 11) is 0. The Morgan fingerprint density at radius 1 is 1.21 bits per heavy atom. The highest BCUT2D eigenvalue weighted by molar-refractivity contribution is 6.09. The molecule has 4 amide bonds. The van der Waals surface area contributed by atoms with Gasteiger partial charge in [0.25, 0.3) is 5.91 Å². The summed E-state index contributed by atoms with van der Waals surface area (Å²) in [6.45, 7) is 5.56. The number of nitrogens with zero attached hydrogens (tertiary/aromatic N) is 1. The molecule has 0 spiro atoms. The summed E-state index contributed by atoms with van der Waals surface area (Å²) < 4.78 is 0. The molecule has 0 unspecified atom stereocenters. The van der Waals surface area contributed by atoms with Gasteiger partial charge in [-0.05, 0) is 50.2 Å². The number of carbonyl (C=O) groups excluding carboxylic acids is 3. The second-order valence-corrected chi connectivity index (χ2v) is 8.24. The molecule has 1 saturated carbocycles. The molecule has 0 radical (unpaired) electrons. The van der Waals surface area contributed by atoms with E-state index in [0.717, 1.165) is 42.6 Å². The lowest BCUT2D eigenvalue weighted by Crippen LogP contribution is -2.51. The van der Waals surface area contributed by atoms with Crippen molar-refractivity contribution in [1.29, 1.82) is 0 Å². The van der Waals surface area contributed by atoms with Gasteiger partial charge in [0.05, 0.1) is 6.04 Å². The minimum absolute atomic E-state index is 0.141. The molecule has 1 saturated heterocycles. The topological polar surface area (TPSA) is 78.5 Å². The molecule has 2 aliphatic rings. The van der Waals surface area contributed by atoms with Gasteiger partial charge < -0.3 is 10.6 Å². The van der Waals surface area contributed by atoms with Crippen molar-refractivity contribution in [2.24, 2.45) is 5.92 Å². The number of benzene rings is 1. The van der Waals surface area contributed by atoms with Crippen molar-refractivity contribution in [2.75, 3.05) is 6.54 Å². The molecular formula is C22H31N3O3. The Bertz CT molecular complexity index is 740. The molecule has 2 atom stereocenters. The van der Waals surface area contributed by atoms with E-state index in [9.17, 15) is 14.4 Å². The van der Waals surface area contributed by atoms with Gasteiger partial charge in [0, 0.05) is 0 Å². The lowest BCUT2D eigenvalue weighted by molar-refractivity contribution is -0.136. The van der Waals surface area contributed by atoms with E-state index in [1.165, 1.54) is 12.0 Å². The first kappa shape index (κ1) is 20.4. The summed E-state index contributed by atoms with van der Waals surface area (Å²) in [5, 5.41) is 5.76. The van der Waals surface area contributed by atoms with Crippen LogP contribution in [0.2, 0.25) is 0 Å². The third-order valence-corrected chi connectivity index (χ3v) is 6.29. The zero-order valence-electron chi connectivity index (χ0n) is 17.1. The quantitative estimate of drug-likeness (QED) is 0.738. The molecule has 3 rings (SSSR count). The highest BCUT2D eigenvalue weighted by Gasteiger charge is 2.52. The van der Waals surface area contributed by atoms with Crippen LogP contribution in [-0.2, 0) is 16.0 Å². The van der Waals surface area contributed by atoms with E-state index in [1.54, 1.807) is 6.92 Å². The summed E-state index contributed by atoms with van der Waals surface area (Å²) in [6.07, 6.45) is 6.18. The molecule has 6 heteroatoms.